The van der Waals surface area contributed by atoms with E-state index in [2.05, 4.69) is 0 Å². The lowest BCUT2D eigenvalue weighted by atomic mass is 10.2. The summed E-state index contributed by atoms with van der Waals surface area (Å²) in [4.78, 5) is 24.7. The molecule has 1 amide bonds. The van der Waals surface area contributed by atoms with Crippen molar-refractivity contribution in [1.29, 1.82) is 0 Å². The number of para-hydroxylation sites is 1. The average molecular weight is 348 g/mol. The van der Waals surface area contributed by atoms with Crippen LogP contribution in [0.4, 0.5) is 10.7 Å². The van der Waals surface area contributed by atoms with Crippen molar-refractivity contribution < 1.29 is 9.72 Å². The molecule has 1 aliphatic heterocycles. The highest BCUT2D eigenvalue weighted by molar-refractivity contribution is 8.27. The first-order chi connectivity index (χ1) is 10.6. The molecule has 1 saturated heterocycles. The van der Waals surface area contributed by atoms with Crippen LogP contribution in [0.2, 0.25) is 0 Å². The van der Waals surface area contributed by atoms with Crippen LogP contribution in [0.5, 0.6) is 0 Å². The number of hydrogen-bond donors (Lipinski definition) is 0. The number of anilines is 1. The molecule has 0 atom stereocenters. The van der Waals surface area contributed by atoms with Crippen LogP contribution in [-0.2, 0) is 4.79 Å². The minimum absolute atomic E-state index is 0.0461. The Kier molecular flexibility index (Phi) is 4.06. The molecule has 0 unspecified atom stereocenters. The van der Waals surface area contributed by atoms with Gasteiger partial charge in [0.05, 0.1) is 15.5 Å². The van der Waals surface area contributed by atoms with Crippen molar-refractivity contribution in [2.75, 3.05) is 4.90 Å². The number of thiocarbonyl (C=S) groups is 1. The quantitative estimate of drug-likeness (QED) is 0.362. The molecule has 2 heterocycles. The van der Waals surface area contributed by atoms with Gasteiger partial charge in [-0.15, -0.1) is 0 Å². The van der Waals surface area contributed by atoms with Crippen LogP contribution >= 0.6 is 35.3 Å². The van der Waals surface area contributed by atoms with Gasteiger partial charge in [-0.2, -0.15) is 0 Å². The Hall–Kier alpha value is -2.03. The van der Waals surface area contributed by atoms with E-state index in [0.717, 1.165) is 11.3 Å². The highest BCUT2D eigenvalue weighted by Crippen LogP contribution is 2.36. The summed E-state index contributed by atoms with van der Waals surface area (Å²) in [7, 11) is 0. The summed E-state index contributed by atoms with van der Waals surface area (Å²) in [6.45, 7) is 0. The maximum absolute atomic E-state index is 12.5. The fourth-order valence-electron chi connectivity index (χ4n) is 1.93. The maximum Gasteiger partial charge on any atom is 0.324 e. The molecule has 0 spiro atoms. The van der Waals surface area contributed by atoms with Gasteiger partial charge < -0.3 is 0 Å². The van der Waals surface area contributed by atoms with Crippen molar-refractivity contribution in [2.45, 2.75) is 0 Å². The fourth-order valence-corrected chi connectivity index (χ4v) is 3.91. The van der Waals surface area contributed by atoms with E-state index < -0.39 is 4.92 Å². The molecule has 2 aromatic rings. The molecule has 22 heavy (non-hydrogen) atoms. The SMILES string of the molecule is O=C1C(=Cc2csc([N+](=O)[O-])c2)SC(=S)N1c1ccccc1. The van der Waals surface area contributed by atoms with Crippen LogP contribution in [0.25, 0.3) is 6.08 Å². The molecular formula is C14H8N2O3S3. The van der Waals surface area contributed by atoms with Gasteiger partial charge in [-0.25, -0.2) is 0 Å². The molecule has 0 N–H and O–H groups in total. The first-order valence-corrected chi connectivity index (χ1v) is 8.22. The van der Waals surface area contributed by atoms with Crippen molar-refractivity contribution in [3.8, 4) is 0 Å². The van der Waals surface area contributed by atoms with Crippen molar-refractivity contribution in [2.24, 2.45) is 0 Å². The lowest BCUT2D eigenvalue weighted by molar-refractivity contribution is -0.380. The first-order valence-electron chi connectivity index (χ1n) is 6.12. The second kappa shape index (κ2) is 5.99. The van der Waals surface area contributed by atoms with Crippen LogP contribution < -0.4 is 4.90 Å². The van der Waals surface area contributed by atoms with E-state index in [-0.39, 0.29) is 10.9 Å². The standard InChI is InChI=1S/C14H8N2O3S3/c17-13-11(6-9-7-12(16(18)19)21-8-9)22-14(20)15(13)10-4-2-1-3-5-10/h1-8H. The summed E-state index contributed by atoms with van der Waals surface area (Å²) in [6.07, 6.45) is 1.63. The van der Waals surface area contributed by atoms with E-state index in [1.54, 1.807) is 11.5 Å². The fraction of sp³-hybridized carbons (Fsp3) is 0. The van der Waals surface area contributed by atoms with E-state index in [9.17, 15) is 14.9 Å². The van der Waals surface area contributed by atoms with E-state index in [1.807, 2.05) is 30.3 Å². The Morgan fingerprint density at radius 1 is 1.27 bits per heavy atom. The molecule has 3 rings (SSSR count). The summed E-state index contributed by atoms with van der Waals surface area (Å²) >= 11 is 7.48. The third-order valence-corrected chi connectivity index (χ3v) is 5.09. The van der Waals surface area contributed by atoms with E-state index in [4.69, 9.17) is 12.2 Å². The second-order valence-corrected chi connectivity index (χ2v) is 6.89. The third-order valence-electron chi connectivity index (χ3n) is 2.89. The number of thioether (sulfide) groups is 1. The van der Waals surface area contributed by atoms with Crippen LogP contribution in [0.15, 0.2) is 46.7 Å². The predicted octanol–water partition coefficient (Wildman–Crippen LogP) is 4.06. The van der Waals surface area contributed by atoms with Gasteiger partial charge in [0, 0.05) is 11.4 Å². The van der Waals surface area contributed by atoms with Crippen LogP contribution in [-0.4, -0.2) is 15.2 Å². The Morgan fingerprint density at radius 3 is 2.64 bits per heavy atom. The lowest BCUT2D eigenvalue weighted by Crippen LogP contribution is -2.27. The van der Waals surface area contributed by atoms with Gasteiger partial charge in [-0.05, 0) is 23.8 Å². The monoisotopic (exact) mass is 348 g/mol. The van der Waals surface area contributed by atoms with Crippen LogP contribution in [0.3, 0.4) is 0 Å². The zero-order valence-electron chi connectivity index (χ0n) is 11.0. The topological polar surface area (TPSA) is 63.4 Å². The Balaban J connectivity index is 1.90. The second-order valence-electron chi connectivity index (χ2n) is 4.33. The normalized spacial score (nSPS) is 16.5. The molecular weight excluding hydrogens is 340 g/mol. The van der Waals surface area contributed by atoms with Gasteiger partial charge in [0.1, 0.15) is 0 Å². The molecule has 1 fully saturated rings. The molecule has 0 saturated carbocycles. The number of thiophene rings is 1. The summed E-state index contributed by atoms with van der Waals surface area (Å²) in [6, 6.07) is 10.6. The van der Waals surface area contributed by atoms with Crippen molar-refractivity contribution in [3.63, 3.8) is 0 Å². The summed E-state index contributed by atoms with van der Waals surface area (Å²) in [5.74, 6) is -0.213. The van der Waals surface area contributed by atoms with Crippen molar-refractivity contribution in [1.82, 2.24) is 0 Å². The van der Waals surface area contributed by atoms with Crippen LogP contribution in [0, 0.1) is 10.1 Å². The maximum atomic E-state index is 12.5. The minimum atomic E-state index is -0.447. The molecule has 5 nitrogen and oxygen atoms in total. The number of benzene rings is 1. The smallest absolute Gasteiger partial charge is 0.268 e. The summed E-state index contributed by atoms with van der Waals surface area (Å²) in [5.41, 5.74) is 1.34. The molecule has 8 heteroatoms. The van der Waals surface area contributed by atoms with Gasteiger partial charge in [-0.3, -0.25) is 19.8 Å². The summed E-state index contributed by atoms with van der Waals surface area (Å²) in [5, 5.41) is 12.4. The zero-order chi connectivity index (χ0) is 15.7. The summed E-state index contributed by atoms with van der Waals surface area (Å²) < 4.78 is 0.451. The number of rotatable bonds is 3. The highest BCUT2D eigenvalue weighted by atomic mass is 32.2. The van der Waals surface area contributed by atoms with Crippen molar-refractivity contribution in [3.05, 3.63) is 62.4 Å². The average Bonchev–Trinajstić information content (AvgIpc) is 3.06. The number of nitrogens with zero attached hydrogens (tertiary/aromatic N) is 2. The molecule has 0 aliphatic carbocycles. The van der Waals surface area contributed by atoms with Crippen molar-refractivity contribution >= 4 is 62.3 Å². The largest absolute Gasteiger partial charge is 0.324 e. The number of hydrogen-bond acceptors (Lipinski definition) is 6. The lowest BCUT2D eigenvalue weighted by Gasteiger charge is -2.13. The Labute approximate surface area is 139 Å². The molecule has 1 aromatic heterocycles. The third kappa shape index (κ3) is 2.80. The molecule has 1 aromatic carbocycles. The van der Waals surface area contributed by atoms with Gasteiger partial charge in [0.25, 0.3) is 5.91 Å². The molecule has 0 bridgehead atoms. The van der Waals surface area contributed by atoms with E-state index >= 15 is 0 Å². The number of amides is 1. The molecule has 110 valence electrons. The Morgan fingerprint density at radius 2 is 2.00 bits per heavy atom. The first kappa shape index (κ1) is 14.9. The van der Waals surface area contributed by atoms with E-state index in [1.165, 1.54) is 22.7 Å². The van der Waals surface area contributed by atoms with Gasteiger partial charge >= 0.3 is 5.00 Å². The number of carbonyl (C=O) groups excluding carboxylic acids is 1. The number of nitro groups is 1. The van der Waals surface area contributed by atoms with E-state index in [0.29, 0.717) is 20.5 Å². The van der Waals surface area contributed by atoms with Gasteiger partial charge in [0.2, 0.25) is 0 Å². The molecule has 0 radical (unpaired) electrons. The molecule has 1 aliphatic rings. The van der Waals surface area contributed by atoms with Crippen LogP contribution in [0.1, 0.15) is 5.56 Å². The zero-order valence-corrected chi connectivity index (χ0v) is 13.4. The predicted molar refractivity (Wildman–Crippen MR) is 93.1 cm³/mol. The minimum Gasteiger partial charge on any atom is -0.268 e. The highest BCUT2D eigenvalue weighted by Gasteiger charge is 2.33. The number of carbonyl (C=O) groups is 1. The van der Waals surface area contributed by atoms with Gasteiger partial charge in [0.15, 0.2) is 4.32 Å². The van der Waals surface area contributed by atoms with Gasteiger partial charge in [-0.1, -0.05) is 53.5 Å². The Bertz CT molecular complexity index is 799.